The standard InChI is InChI=1S/C10H14N4S/c1-2-3-9-12-4-5-14(9)6-8-7-15-10(11)13-8/h4-5,7H,2-3,6H2,1H3,(H2,11,13). The first-order valence-corrected chi connectivity index (χ1v) is 5.87. The summed E-state index contributed by atoms with van der Waals surface area (Å²) >= 11 is 1.48. The van der Waals surface area contributed by atoms with Gasteiger partial charge in [-0.1, -0.05) is 6.92 Å². The third-order valence-corrected chi connectivity index (χ3v) is 2.90. The van der Waals surface area contributed by atoms with Crippen molar-refractivity contribution in [2.75, 3.05) is 5.73 Å². The van der Waals surface area contributed by atoms with E-state index in [9.17, 15) is 0 Å². The van der Waals surface area contributed by atoms with Crippen LogP contribution in [0.4, 0.5) is 5.13 Å². The lowest BCUT2D eigenvalue weighted by Crippen LogP contribution is -2.04. The van der Waals surface area contributed by atoms with Crippen molar-refractivity contribution in [1.29, 1.82) is 0 Å². The van der Waals surface area contributed by atoms with E-state index in [2.05, 4.69) is 21.5 Å². The average Bonchev–Trinajstić information content (AvgIpc) is 2.78. The molecule has 0 saturated heterocycles. The van der Waals surface area contributed by atoms with Gasteiger partial charge in [-0.25, -0.2) is 9.97 Å². The zero-order valence-electron chi connectivity index (χ0n) is 8.68. The third kappa shape index (κ3) is 2.36. The fourth-order valence-corrected chi connectivity index (χ4v) is 2.06. The molecule has 0 unspecified atom stereocenters. The van der Waals surface area contributed by atoms with Gasteiger partial charge in [0.25, 0.3) is 0 Å². The molecule has 2 aromatic heterocycles. The average molecular weight is 222 g/mol. The number of nitrogen functional groups attached to an aromatic ring is 1. The molecule has 0 aliphatic carbocycles. The Morgan fingerprint density at radius 1 is 1.53 bits per heavy atom. The van der Waals surface area contributed by atoms with Crippen LogP contribution < -0.4 is 5.73 Å². The molecule has 0 radical (unpaired) electrons. The molecule has 4 nitrogen and oxygen atoms in total. The number of imidazole rings is 1. The quantitative estimate of drug-likeness (QED) is 0.859. The Labute approximate surface area is 92.8 Å². The first kappa shape index (κ1) is 10.2. The summed E-state index contributed by atoms with van der Waals surface area (Å²) < 4.78 is 2.12. The zero-order valence-corrected chi connectivity index (χ0v) is 9.50. The van der Waals surface area contributed by atoms with E-state index >= 15 is 0 Å². The van der Waals surface area contributed by atoms with Crippen molar-refractivity contribution in [3.05, 3.63) is 29.3 Å². The lowest BCUT2D eigenvalue weighted by molar-refractivity contribution is 0.696. The number of thiazole rings is 1. The Kier molecular flexibility index (Phi) is 3.01. The number of aryl methyl sites for hydroxylation is 1. The molecule has 0 aliphatic heterocycles. The highest BCUT2D eigenvalue weighted by Crippen LogP contribution is 2.13. The normalized spacial score (nSPS) is 10.7. The van der Waals surface area contributed by atoms with Gasteiger partial charge in [-0.2, -0.15) is 0 Å². The smallest absolute Gasteiger partial charge is 0.180 e. The molecule has 0 aliphatic rings. The van der Waals surface area contributed by atoms with Gasteiger partial charge in [-0.3, -0.25) is 0 Å². The van der Waals surface area contributed by atoms with Crippen LogP contribution in [0.25, 0.3) is 0 Å². The van der Waals surface area contributed by atoms with Crippen LogP contribution in [-0.2, 0) is 13.0 Å². The van der Waals surface area contributed by atoms with Gasteiger partial charge in [0.2, 0.25) is 0 Å². The minimum atomic E-state index is 0.627. The summed E-state index contributed by atoms with van der Waals surface area (Å²) in [4.78, 5) is 8.55. The van der Waals surface area contributed by atoms with Gasteiger partial charge in [0.15, 0.2) is 5.13 Å². The van der Waals surface area contributed by atoms with E-state index in [1.807, 2.05) is 17.8 Å². The molecule has 0 atom stereocenters. The van der Waals surface area contributed by atoms with Crippen molar-refractivity contribution in [3.8, 4) is 0 Å². The minimum absolute atomic E-state index is 0.627. The molecule has 0 saturated carbocycles. The monoisotopic (exact) mass is 222 g/mol. The number of nitrogens with zero attached hydrogens (tertiary/aromatic N) is 3. The highest BCUT2D eigenvalue weighted by molar-refractivity contribution is 7.13. The van der Waals surface area contributed by atoms with E-state index in [1.54, 1.807) is 0 Å². The van der Waals surface area contributed by atoms with Gasteiger partial charge in [0.1, 0.15) is 5.82 Å². The van der Waals surface area contributed by atoms with Crippen LogP contribution in [0.5, 0.6) is 0 Å². The van der Waals surface area contributed by atoms with E-state index in [4.69, 9.17) is 5.73 Å². The van der Waals surface area contributed by atoms with Crippen molar-refractivity contribution < 1.29 is 0 Å². The van der Waals surface area contributed by atoms with Gasteiger partial charge < -0.3 is 10.3 Å². The van der Waals surface area contributed by atoms with Crippen LogP contribution in [-0.4, -0.2) is 14.5 Å². The number of anilines is 1. The fraction of sp³-hybridized carbons (Fsp3) is 0.400. The Morgan fingerprint density at radius 3 is 3.07 bits per heavy atom. The number of nitrogens with two attached hydrogens (primary N) is 1. The van der Waals surface area contributed by atoms with Gasteiger partial charge in [-0.05, 0) is 6.42 Å². The first-order valence-electron chi connectivity index (χ1n) is 4.99. The molecule has 15 heavy (non-hydrogen) atoms. The molecule has 0 fully saturated rings. The first-order chi connectivity index (χ1) is 7.29. The summed E-state index contributed by atoms with van der Waals surface area (Å²) in [5, 5.41) is 2.62. The summed E-state index contributed by atoms with van der Waals surface area (Å²) in [6.45, 7) is 2.92. The van der Waals surface area contributed by atoms with E-state index in [0.29, 0.717) is 5.13 Å². The molecule has 2 rings (SSSR count). The molecule has 0 spiro atoms. The van der Waals surface area contributed by atoms with Crippen LogP contribution in [0.3, 0.4) is 0 Å². The highest BCUT2D eigenvalue weighted by Gasteiger charge is 2.04. The van der Waals surface area contributed by atoms with Gasteiger partial charge in [-0.15, -0.1) is 11.3 Å². The number of rotatable bonds is 4. The van der Waals surface area contributed by atoms with E-state index in [-0.39, 0.29) is 0 Å². The molecule has 0 bridgehead atoms. The Bertz CT molecular complexity index is 432. The van der Waals surface area contributed by atoms with Crippen LogP contribution in [0.15, 0.2) is 17.8 Å². The maximum atomic E-state index is 5.59. The van der Waals surface area contributed by atoms with Crippen molar-refractivity contribution >= 4 is 16.5 Å². The highest BCUT2D eigenvalue weighted by atomic mass is 32.1. The lowest BCUT2D eigenvalue weighted by atomic mass is 10.3. The number of hydrogen-bond donors (Lipinski definition) is 1. The summed E-state index contributed by atoms with van der Waals surface area (Å²) in [7, 11) is 0. The predicted molar refractivity (Wildman–Crippen MR) is 61.9 cm³/mol. The Morgan fingerprint density at radius 2 is 2.40 bits per heavy atom. The largest absolute Gasteiger partial charge is 0.375 e. The van der Waals surface area contributed by atoms with Crippen molar-refractivity contribution in [2.45, 2.75) is 26.3 Å². The SMILES string of the molecule is CCCc1nccn1Cc1csc(N)n1. The Hall–Kier alpha value is -1.36. The van der Waals surface area contributed by atoms with Crippen molar-refractivity contribution in [3.63, 3.8) is 0 Å². The van der Waals surface area contributed by atoms with Crippen molar-refractivity contribution in [1.82, 2.24) is 14.5 Å². The molecule has 2 aromatic rings. The fourth-order valence-electron chi connectivity index (χ4n) is 1.51. The summed E-state index contributed by atoms with van der Waals surface area (Å²) in [5.41, 5.74) is 6.59. The van der Waals surface area contributed by atoms with E-state index in [1.165, 1.54) is 11.3 Å². The molecule has 5 heteroatoms. The summed E-state index contributed by atoms with van der Waals surface area (Å²) in [5.74, 6) is 1.11. The van der Waals surface area contributed by atoms with Crippen LogP contribution in [0.2, 0.25) is 0 Å². The van der Waals surface area contributed by atoms with Crippen molar-refractivity contribution in [2.24, 2.45) is 0 Å². The molecule has 0 amide bonds. The molecular weight excluding hydrogens is 208 g/mol. The number of hydrogen-bond acceptors (Lipinski definition) is 4. The topological polar surface area (TPSA) is 56.7 Å². The predicted octanol–water partition coefficient (Wildman–Crippen LogP) is 1.92. The molecule has 2 N–H and O–H groups in total. The maximum absolute atomic E-state index is 5.59. The molecule has 80 valence electrons. The zero-order chi connectivity index (χ0) is 10.7. The van der Waals surface area contributed by atoms with Crippen LogP contribution in [0.1, 0.15) is 24.9 Å². The number of aromatic nitrogens is 3. The lowest BCUT2D eigenvalue weighted by Gasteiger charge is -2.04. The second-order valence-corrected chi connectivity index (χ2v) is 4.29. The van der Waals surface area contributed by atoms with Gasteiger partial charge >= 0.3 is 0 Å². The minimum Gasteiger partial charge on any atom is -0.375 e. The molecule has 0 aromatic carbocycles. The maximum Gasteiger partial charge on any atom is 0.180 e. The summed E-state index contributed by atoms with van der Waals surface area (Å²) in [6, 6.07) is 0. The van der Waals surface area contributed by atoms with Gasteiger partial charge in [0, 0.05) is 24.2 Å². The van der Waals surface area contributed by atoms with Crippen LogP contribution >= 0.6 is 11.3 Å². The third-order valence-electron chi connectivity index (χ3n) is 2.18. The van der Waals surface area contributed by atoms with E-state index in [0.717, 1.165) is 30.9 Å². The summed E-state index contributed by atoms with van der Waals surface area (Å²) in [6.07, 6.45) is 5.93. The Balaban J connectivity index is 2.13. The van der Waals surface area contributed by atoms with Gasteiger partial charge in [0.05, 0.1) is 12.2 Å². The second-order valence-electron chi connectivity index (χ2n) is 3.40. The molecular formula is C10H14N4S. The van der Waals surface area contributed by atoms with Crippen LogP contribution in [0, 0.1) is 0 Å². The molecule has 2 heterocycles. The van der Waals surface area contributed by atoms with E-state index < -0.39 is 0 Å². The second kappa shape index (κ2) is 4.44.